The fraction of sp³-hybridized carbons (Fsp3) is 0.167. The Bertz CT molecular complexity index is 952. The van der Waals surface area contributed by atoms with Crippen molar-refractivity contribution < 1.29 is 23.9 Å². The van der Waals surface area contributed by atoms with Crippen LogP contribution in [0.25, 0.3) is 0 Å². The minimum Gasteiger partial charge on any atom is -0.506 e. The van der Waals surface area contributed by atoms with Crippen LogP contribution in [-0.4, -0.2) is 34.4 Å². The molecule has 3 N–H and O–H groups in total. The van der Waals surface area contributed by atoms with Gasteiger partial charge in [0.05, 0.1) is 10.7 Å². The van der Waals surface area contributed by atoms with Crippen molar-refractivity contribution in [1.29, 1.82) is 0 Å². The molecule has 2 aromatic rings. The lowest BCUT2D eigenvalue weighted by molar-refractivity contribution is -0.133. The fourth-order valence-corrected chi connectivity index (χ4v) is 2.94. The van der Waals surface area contributed by atoms with E-state index in [2.05, 4.69) is 10.6 Å². The average Bonchev–Trinajstić information content (AvgIpc) is 2.83. The molecule has 1 fully saturated rings. The van der Waals surface area contributed by atoms with Gasteiger partial charge < -0.3 is 15.7 Å². The van der Waals surface area contributed by atoms with Crippen molar-refractivity contribution in [3.8, 4) is 5.75 Å². The molecule has 1 unspecified atom stereocenters. The number of phenols is 1. The molecule has 0 bridgehead atoms. The number of rotatable bonds is 4. The third-order valence-corrected chi connectivity index (χ3v) is 4.54. The molecule has 4 amide bonds. The molecule has 9 heteroatoms. The first kappa shape index (κ1) is 18.7. The minimum absolute atomic E-state index is 0.145. The van der Waals surface area contributed by atoms with Gasteiger partial charge in [-0.15, -0.1) is 0 Å². The van der Waals surface area contributed by atoms with Crippen molar-refractivity contribution in [2.45, 2.75) is 12.5 Å². The normalized spacial score (nSPS) is 19.1. The van der Waals surface area contributed by atoms with Gasteiger partial charge in [-0.2, -0.15) is 0 Å². The van der Waals surface area contributed by atoms with Gasteiger partial charge in [-0.3, -0.25) is 14.5 Å². The summed E-state index contributed by atoms with van der Waals surface area (Å²) in [6.45, 7) is 0.890. The van der Waals surface area contributed by atoms with Crippen molar-refractivity contribution in [3.63, 3.8) is 0 Å². The Morgan fingerprint density at radius 3 is 2.67 bits per heavy atom. The second-order valence-electron chi connectivity index (χ2n) is 6.14. The zero-order valence-corrected chi connectivity index (χ0v) is 14.9. The van der Waals surface area contributed by atoms with E-state index in [0.29, 0.717) is 0 Å². The monoisotopic (exact) mass is 391 g/mol. The zero-order valence-electron chi connectivity index (χ0n) is 14.1. The summed E-state index contributed by atoms with van der Waals surface area (Å²) in [5.74, 6) is -2.14. The van der Waals surface area contributed by atoms with E-state index >= 15 is 0 Å². The SMILES string of the molecule is CC1(c2ccc(F)c(Cl)c2)NC(=O)N(CC(=O)Nc2ccccc2O)C1=O. The highest BCUT2D eigenvalue weighted by Crippen LogP contribution is 2.31. The maximum atomic E-state index is 13.4. The molecule has 0 saturated carbocycles. The largest absolute Gasteiger partial charge is 0.506 e. The van der Waals surface area contributed by atoms with Crippen LogP contribution in [0.2, 0.25) is 5.02 Å². The number of carbonyl (C=O) groups excluding carboxylic acids is 3. The van der Waals surface area contributed by atoms with Crippen molar-refractivity contribution in [2.75, 3.05) is 11.9 Å². The number of aromatic hydroxyl groups is 1. The molecule has 0 spiro atoms. The highest BCUT2D eigenvalue weighted by Gasteiger charge is 2.49. The van der Waals surface area contributed by atoms with Gasteiger partial charge in [0.1, 0.15) is 23.7 Å². The quantitative estimate of drug-likeness (QED) is 0.551. The van der Waals surface area contributed by atoms with Gasteiger partial charge in [-0.05, 0) is 36.8 Å². The summed E-state index contributed by atoms with van der Waals surface area (Å²) < 4.78 is 13.4. The molecule has 0 aromatic heterocycles. The Labute approximate surface area is 158 Å². The van der Waals surface area contributed by atoms with Gasteiger partial charge in [0.15, 0.2) is 0 Å². The third kappa shape index (κ3) is 3.43. The standard InChI is InChI=1S/C18H15ClFN3O4/c1-18(10-6-7-12(20)11(19)8-10)16(26)23(17(27)22-18)9-15(25)21-13-4-2-3-5-14(13)24/h2-8,24H,9H2,1H3,(H,21,25)(H,22,27). The lowest BCUT2D eigenvalue weighted by Crippen LogP contribution is -2.42. The zero-order chi connectivity index (χ0) is 19.8. The van der Waals surface area contributed by atoms with E-state index in [4.69, 9.17) is 11.6 Å². The predicted octanol–water partition coefficient (Wildman–Crippen LogP) is 2.59. The Balaban J connectivity index is 1.78. The number of amides is 4. The molecular formula is C18H15ClFN3O4. The first-order valence-corrected chi connectivity index (χ1v) is 8.27. The van der Waals surface area contributed by atoms with Gasteiger partial charge in [0, 0.05) is 0 Å². The Hall–Kier alpha value is -3.13. The molecule has 3 rings (SSSR count). The molecule has 2 aromatic carbocycles. The maximum Gasteiger partial charge on any atom is 0.325 e. The molecule has 1 atom stereocenters. The second kappa shape index (κ2) is 6.88. The molecule has 0 aliphatic carbocycles. The number of nitrogens with zero attached hydrogens (tertiary/aromatic N) is 1. The van der Waals surface area contributed by atoms with Crippen molar-refractivity contribution >= 4 is 35.1 Å². The number of para-hydroxylation sites is 2. The summed E-state index contributed by atoms with van der Waals surface area (Å²) in [5.41, 5.74) is -1.04. The molecule has 0 radical (unpaired) electrons. The number of anilines is 1. The van der Waals surface area contributed by atoms with E-state index in [1.807, 2.05) is 0 Å². The van der Waals surface area contributed by atoms with Crippen molar-refractivity contribution in [1.82, 2.24) is 10.2 Å². The van der Waals surface area contributed by atoms with Crippen LogP contribution in [0.1, 0.15) is 12.5 Å². The number of urea groups is 1. The van der Waals surface area contributed by atoms with Gasteiger partial charge in [0.2, 0.25) is 5.91 Å². The average molecular weight is 392 g/mol. The molecular weight excluding hydrogens is 377 g/mol. The highest BCUT2D eigenvalue weighted by molar-refractivity contribution is 6.30. The van der Waals surface area contributed by atoms with E-state index in [9.17, 15) is 23.9 Å². The molecule has 7 nitrogen and oxygen atoms in total. The van der Waals surface area contributed by atoms with Crippen LogP contribution in [0.4, 0.5) is 14.9 Å². The third-order valence-electron chi connectivity index (χ3n) is 4.25. The minimum atomic E-state index is -1.48. The summed E-state index contributed by atoms with van der Waals surface area (Å²) in [4.78, 5) is 37.9. The van der Waals surface area contributed by atoms with E-state index in [-0.39, 0.29) is 22.0 Å². The molecule has 1 heterocycles. The van der Waals surface area contributed by atoms with Gasteiger partial charge in [-0.1, -0.05) is 29.8 Å². The number of benzene rings is 2. The number of hydrogen-bond donors (Lipinski definition) is 3. The summed E-state index contributed by atoms with van der Waals surface area (Å²) in [7, 11) is 0. The van der Waals surface area contributed by atoms with Crippen LogP contribution >= 0.6 is 11.6 Å². The highest BCUT2D eigenvalue weighted by atomic mass is 35.5. The van der Waals surface area contributed by atoms with Crippen LogP contribution < -0.4 is 10.6 Å². The number of carbonyl (C=O) groups is 3. The lowest BCUT2D eigenvalue weighted by Gasteiger charge is -2.22. The van der Waals surface area contributed by atoms with Crippen molar-refractivity contribution in [2.24, 2.45) is 0 Å². The number of imide groups is 1. The summed E-state index contributed by atoms with van der Waals surface area (Å²) in [5, 5.41) is 14.4. The first-order chi connectivity index (χ1) is 12.7. The van der Waals surface area contributed by atoms with Crippen LogP contribution in [0.5, 0.6) is 5.75 Å². The number of halogens is 2. The van der Waals surface area contributed by atoms with Crippen LogP contribution in [0.15, 0.2) is 42.5 Å². The lowest BCUT2D eigenvalue weighted by atomic mass is 9.92. The number of nitrogens with one attached hydrogen (secondary N) is 2. The van der Waals surface area contributed by atoms with E-state index in [1.54, 1.807) is 12.1 Å². The molecule has 27 heavy (non-hydrogen) atoms. The van der Waals surface area contributed by atoms with E-state index < -0.39 is 35.7 Å². The second-order valence-corrected chi connectivity index (χ2v) is 6.55. The molecule has 1 saturated heterocycles. The van der Waals surface area contributed by atoms with Crippen LogP contribution in [0, 0.1) is 5.82 Å². The van der Waals surface area contributed by atoms with Crippen LogP contribution in [0.3, 0.4) is 0 Å². The summed E-state index contributed by atoms with van der Waals surface area (Å²) >= 11 is 5.76. The van der Waals surface area contributed by atoms with E-state index in [0.717, 1.165) is 11.0 Å². The predicted molar refractivity (Wildman–Crippen MR) is 95.7 cm³/mol. The molecule has 1 aliphatic rings. The Morgan fingerprint density at radius 1 is 1.30 bits per heavy atom. The molecule has 140 valence electrons. The van der Waals surface area contributed by atoms with Crippen LogP contribution in [-0.2, 0) is 15.1 Å². The van der Waals surface area contributed by atoms with Gasteiger partial charge in [0.25, 0.3) is 5.91 Å². The van der Waals surface area contributed by atoms with Crippen molar-refractivity contribution in [3.05, 3.63) is 58.9 Å². The summed E-state index contributed by atoms with van der Waals surface area (Å²) in [6.07, 6.45) is 0. The maximum absolute atomic E-state index is 13.4. The van der Waals surface area contributed by atoms with Gasteiger partial charge >= 0.3 is 6.03 Å². The smallest absolute Gasteiger partial charge is 0.325 e. The van der Waals surface area contributed by atoms with Gasteiger partial charge in [-0.25, -0.2) is 9.18 Å². The Morgan fingerprint density at radius 2 is 2.00 bits per heavy atom. The number of hydrogen-bond acceptors (Lipinski definition) is 4. The molecule has 1 aliphatic heterocycles. The topological polar surface area (TPSA) is 98.7 Å². The number of phenolic OH excluding ortho intramolecular Hbond substituents is 1. The van der Waals surface area contributed by atoms with E-state index in [1.165, 1.54) is 31.2 Å². The Kier molecular flexibility index (Phi) is 4.75. The first-order valence-electron chi connectivity index (χ1n) is 7.90. The fourth-order valence-electron chi connectivity index (χ4n) is 2.76. The summed E-state index contributed by atoms with van der Waals surface area (Å²) in [6, 6.07) is 8.97.